The summed E-state index contributed by atoms with van der Waals surface area (Å²) >= 11 is 0.893. The number of sulfonamides is 1. The highest BCUT2D eigenvalue weighted by Gasteiger charge is 2.22. The molecule has 2 rings (SSSR count). The lowest BCUT2D eigenvalue weighted by molar-refractivity contribution is 0.0702. The van der Waals surface area contributed by atoms with E-state index in [1.54, 1.807) is 0 Å². The number of nitrogens with one attached hydrogen (secondary N) is 1. The average Bonchev–Trinajstić information content (AvgIpc) is 2.98. The predicted octanol–water partition coefficient (Wildman–Crippen LogP) is 0.904. The number of hydrogen-bond donors (Lipinski definition) is 2. The molecule has 1 aromatic rings. The fourth-order valence-corrected chi connectivity index (χ4v) is 3.84. The van der Waals surface area contributed by atoms with Crippen molar-refractivity contribution < 1.29 is 23.1 Å². The highest BCUT2D eigenvalue weighted by molar-refractivity contribution is 7.89. The molecule has 0 saturated carbocycles. The zero-order valence-electron chi connectivity index (χ0n) is 9.46. The molecule has 0 bridgehead atoms. The van der Waals surface area contributed by atoms with Gasteiger partial charge in [-0.2, -0.15) is 0 Å². The fraction of sp³-hybridized carbons (Fsp3) is 0.500. The molecule has 0 aliphatic carbocycles. The van der Waals surface area contributed by atoms with Crippen molar-refractivity contribution in [3.8, 4) is 0 Å². The maximum Gasteiger partial charge on any atom is 0.345 e. The second kappa shape index (κ2) is 5.35. The van der Waals surface area contributed by atoms with E-state index in [9.17, 15) is 13.2 Å². The van der Waals surface area contributed by atoms with Crippen molar-refractivity contribution in [3.05, 3.63) is 16.3 Å². The molecule has 0 radical (unpaired) electrons. The van der Waals surface area contributed by atoms with Crippen LogP contribution < -0.4 is 4.72 Å². The van der Waals surface area contributed by atoms with Crippen LogP contribution in [0, 0.1) is 0 Å². The molecule has 1 saturated heterocycles. The van der Waals surface area contributed by atoms with Gasteiger partial charge in [-0.3, -0.25) is 0 Å². The minimum atomic E-state index is -3.64. The van der Waals surface area contributed by atoms with Crippen molar-refractivity contribution in [2.24, 2.45) is 0 Å². The molecule has 1 unspecified atom stereocenters. The Morgan fingerprint density at radius 1 is 1.61 bits per heavy atom. The van der Waals surface area contributed by atoms with Gasteiger partial charge in [-0.25, -0.2) is 17.9 Å². The molecular formula is C10H13NO5S2. The fourth-order valence-electron chi connectivity index (χ4n) is 1.66. The Labute approximate surface area is 109 Å². The third-order valence-electron chi connectivity index (χ3n) is 2.62. The first-order valence-electron chi connectivity index (χ1n) is 5.42. The zero-order chi connectivity index (χ0) is 13.2. The van der Waals surface area contributed by atoms with Crippen LogP contribution in [0.1, 0.15) is 22.5 Å². The van der Waals surface area contributed by atoms with Gasteiger partial charge in [0.2, 0.25) is 10.0 Å². The molecule has 0 amide bonds. The normalized spacial score (nSPS) is 20.1. The molecule has 1 aliphatic rings. The van der Waals surface area contributed by atoms with Gasteiger partial charge in [0.15, 0.2) is 0 Å². The van der Waals surface area contributed by atoms with E-state index in [1.165, 1.54) is 5.38 Å². The average molecular weight is 291 g/mol. The largest absolute Gasteiger partial charge is 0.477 e. The van der Waals surface area contributed by atoms with Gasteiger partial charge in [0.1, 0.15) is 4.88 Å². The molecule has 6 nitrogen and oxygen atoms in total. The lowest BCUT2D eigenvalue weighted by Gasteiger charge is -2.10. The Hall–Kier alpha value is -0.960. The van der Waals surface area contributed by atoms with Crippen LogP contribution in [-0.4, -0.2) is 38.7 Å². The van der Waals surface area contributed by atoms with Crippen LogP contribution in [0.4, 0.5) is 0 Å². The van der Waals surface area contributed by atoms with Crippen LogP contribution in [0.2, 0.25) is 0 Å². The van der Waals surface area contributed by atoms with Gasteiger partial charge in [0.25, 0.3) is 0 Å². The minimum absolute atomic E-state index is 0.00694. The van der Waals surface area contributed by atoms with Crippen LogP contribution >= 0.6 is 11.3 Å². The minimum Gasteiger partial charge on any atom is -0.477 e. The number of thiophene rings is 1. The first-order chi connectivity index (χ1) is 8.49. The summed E-state index contributed by atoms with van der Waals surface area (Å²) in [6.07, 6.45) is 1.69. The molecule has 100 valence electrons. The van der Waals surface area contributed by atoms with Crippen LogP contribution in [0.15, 0.2) is 16.3 Å². The van der Waals surface area contributed by atoms with Crippen molar-refractivity contribution >= 4 is 27.3 Å². The maximum absolute atomic E-state index is 11.9. The van der Waals surface area contributed by atoms with Gasteiger partial charge in [-0.15, -0.1) is 11.3 Å². The summed E-state index contributed by atoms with van der Waals surface area (Å²) in [5.41, 5.74) is 0. The van der Waals surface area contributed by atoms with Gasteiger partial charge in [0, 0.05) is 18.5 Å². The zero-order valence-corrected chi connectivity index (χ0v) is 11.1. The van der Waals surface area contributed by atoms with E-state index in [1.807, 2.05) is 0 Å². The van der Waals surface area contributed by atoms with E-state index in [2.05, 4.69) is 4.72 Å². The molecule has 2 heterocycles. The standard InChI is InChI=1S/C10H13NO5S2/c12-10(13)9-4-8(6-17-9)18(14,15)11-5-7-2-1-3-16-7/h4,6-7,11H,1-3,5H2,(H,12,13). The lowest BCUT2D eigenvalue weighted by atomic mass is 10.2. The topological polar surface area (TPSA) is 92.7 Å². The highest BCUT2D eigenvalue weighted by Crippen LogP contribution is 2.19. The second-order valence-corrected chi connectivity index (χ2v) is 6.62. The number of hydrogen-bond acceptors (Lipinski definition) is 5. The molecular weight excluding hydrogens is 278 g/mol. The lowest BCUT2D eigenvalue weighted by Crippen LogP contribution is -2.31. The monoisotopic (exact) mass is 291 g/mol. The van der Waals surface area contributed by atoms with Gasteiger partial charge in [0.05, 0.1) is 11.0 Å². The van der Waals surface area contributed by atoms with Crippen LogP contribution in [0.25, 0.3) is 0 Å². The van der Waals surface area contributed by atoms with Crippen LogP contribution in [0.3, 0.4) is 0 Å². The summed E-state index contributed by atoms with van der Waals surface area (Å²) in [5.74, 6) is -1.12. The molecule has 8 heteroatoms. The Morgan fingerprint density at radius 3 is 2.94 bits per heavy atom. The maximum atomic E-state index is 11.9. The van der Waals surface area contributed by atoms with Crippen LogP contribution in [-0.2, 0) is 14.8 Å². The van der Waals surface area contributed by atoms with E-state index < -0.39 is 16.0 Å². The molecule has 0 spiro atoms. The summed E-state index contributed by atoms with van der Waals surface area (Å²) in [7, 11) is -3.64. The third kappa shape index (κ3) is 3.08. The summed E-state index contributed by atoms with van der Waals surface area (Å²) < 4.78 is 31.5. The summed E-state index contributed by atoms with van der Waals surface area (Å²) in [5, 5.41) is 10.1. The van der Waals surface area contributed by atoms with Crippen molar-refractivity contribution in [1.29, 1.82) is 0 Å². The number of ether oxygens (including phenoxy) is 1. The number of rotatable bonds is 5. The van der Waals surface area contributed by atoms with E-state index in [4.69, 9.17) is 9.84 Å². The van der Waals surface area contributed by atoms with Gasteiger partial charge >= 0.3 is 5.97 Å². The quantitative estimate of drug-likeness (QED) is 0.841. The summed E-state index contributed by atoms with van der Waals surface area (Å²) in [4.78, 5) is 10.7. The Balaban J connectivity index is 2.02. The molecule has 1 atom stereocenters. The SMILES string of the molecule is O=C(O)c1cc(S(=O)(=O)NCC2CCCO2)cs1. The second-order valence-electron chi connectivity index (χ2n) is 3.94. The van der Waals surface area contributed by atoms with Gasteiger partial charge in [-0.1, -0.05) is 0 Å². The number of aromatic carboxylic acids is 1. The Kier molecular flexibility index (Phi) is 4.00. The van der Waals surface area contributed by atoms with E-state index in [0.29, 0.717) is 6.61 Å². The van der Waals surface area contributed by atoms with Crippen molar-refractivity contribution in [3.63, 3.8) is 0 Å². The molecule has 1 aliphatic heterocycles. The summed E-state index contributed by atoms with van der Waals surface area (Å²) in [6, 6.07) is 1.16. The van der Waals surface area contributed by atoms with Crippen molar-refractivity contribution in [1.82, 2.24) is 4.72 Å². The smallest absolute Gasteiger partial charge is 0.345 e. The molecule has 2 N–H and O–H groups in total. The highest BCUT2D eigenvalue weighted by atomic mass is 32.2. The van der Waals surface area contributed by atoms with Gasteiger partial charge < -0.3 is 9.84 Å². The molecule has 0 aromatic carbocycles. The Bertz CT molecular complexity index is 530. The first kappa shape index (κ1) is 13.5. The summed E-state index contributed by atoms with van der Waals surface area (Å²) in [6.45, 7) is 0.884. The van der Waals surface area contributed by atoms with E-state index >= 15 is 0 Å². The number of carbonyl (C=O) groups is 1. The first-order valence-corrected chi connectivity index (χ1v) is 7.78. The number of carboxylic acids is 1. The molecule has 18 heavy (non-hydrogen) atoms. The van der Waals surface area contributed by atoms with E-state index in [-0.39, 0.29) is 22.4 Å². The molecule has 1 fully saturated rings. The third-order valence-corrected chi connectivity index (χ3v) is 5.09. The Morgan fingerprint density at radius 2 is 2.39 bits per heavy atom. The number of carboxylic acid groups (broad SMARTS) is 1. The van der Waals surface area contributed by atoms with Crippen LogP contribution in [0.5, 0.6) is 0 Å². The van der Waals surface area contributed by atoms with Crippen molar-refractivity contribution in [2.75, 3.05) is 13.2 Å². The van der Waals surface area contributed by atoms with Gasteiger partial charge in [-0.05, 0) is 18.9 Å². The molecule has 1 aromatic heterocycles. The predicted molar refractivity (Wildman–Crippen MR) is 65.4 cm³/mol. The van der Waals surface area contributed by atoms with E-state index in [0.717, 1.165) is 30.2 Å². The van der Waals surface area contributed by atoms with Crippen molar-refractivity contribution in [2.45, 2.75) is 23.8 Å².